The van der Waals surface area contributed by atoms with E-state index < -0.39 is 49.8 Å². The van der Waals surface area contributed by atoms with E-state index in [-0.39, 0.29) is 18.2 Å². The van der Waals surface area contributed by atoms with Crippen LogP contribution in [0.5, 0.6) is 5.75 Å². The zero-order valence-corrected chi connectivity index (χ0v) is 22.4. The molecule has 14 heteroatoms. The Morgan fingerprint density at radius 3 is 2.66 bits per heavy atom. The van der Waals surface area contributed by atoms with E-state index in [0.717, 1.165) is 0 Å². The highest BCUT2D eigenvalue weighted by Crippen LogP contribution is 2.48. The normalized spacial score (nSPS) is 25.3. The summed E-state index contributed by atoms with van der Waals surface area (Å²) >= 11 is 0. The summed E-state index contributed by atoms with van der Waals surface area (Å²) in [6.45, 7) is 5.86. The smallest absolute Gasteiger partial charge is 0.459 e. The third kappa shape index (κ3) is 5.39. The molecule has 1 unspecified atom stereocenters. The van der Waals surface area contributed by atoms with Crippen LogP contribution in [0.4, 0.5) is 5.82 Å². The number of nitrogens with one attached hydrogen (secondary N) is 1. The van der Waals surface area contributed by atoms with Crippen molar-refractivity contribution < 1.29 is 38.1 Å². The molecule has 5 N–H and O–H groups in total. The van der Waals surface area contributed by atoms with Gasteiger partial charge in [-0.1, -0.05) is 18.2 Å². The molecule has 1 aliphatic rings. The zero-order chi connectivity index (χ0) is 27.7. The first-order chi connectivity index (χ1) is 17.9. The van der Waals surface area contributed by atoms with Crippen LogP contribution in [-0.4, -0.2) is 67.8 Å². The fraction of sp³-hybridized carbons (Fsp3) is 0.458. The lowest BCUT2D eigenvalue weighted by atomic mass is 9.93. The van der Waals surface area contributed by atoms with Gasteiger partial charge >= 0.3 is 13.7 Å². The number of ether oxygens (including phenoxy) is 2. The zero-order valence-electron chi connectivity index (χ0n) is 21.5. The predicted molar refractivity (Wildman–Crippen MR) is 136 cm³/mol. The second-order valence-electron chi connectivity index (χ2n) is 9.51. The van der Waals surface area contributed by atoms with Crippen molar-refractivity contribution in [3.05, 3.63) is 54.5 Å². The SMILES string of the molecule is CCOC(=O)C(C)(C)NP(=O)(OC[C@H]1O[C@@](C)(c2ccc3c(N)ncnn23)[C@H](O)[C@@H]1O)Oc1ccccc1. The number of hydrogen-bond acceptors (Lipinski definition) is 11. The van der Waals surface area contributed by atoms with Crippen LogP contribution in [-0.2, 0) is 29.0 Å². The first-order valence-electron chi connectivity index (χ1n) is 12.0. The Labute approximate surface area is 219 Å². The molecule has 206 valence electrons. The number of fused-ring (bicyclic) bond motifs is 1. The van der Waals surface area contributed by atoms with Crippen LogP contribution in [0.3, 0.4) is 0 Å². The molecule has 2 aromatic heterocycles. The Kier molecular flexibility index (Phi) is 7.80. The van der Waals surface area contributed by atoms with Gasteiger partial charge in [-0.2, -0.15) is 10.2 Å². The number of carbonyl (C=O) groups excluding carboxylic acids is 1. The minimum Gasteiger partial charge on any atom is -0.465 e. The molecule has 3 aromatic rings. The number of aliphatic hydroxyl groups is 2. The number of nitrogens with two attached hydrogens (primary N) is 1. The van der Waals surface area contributed by atoms with Crippen molar-refractivity contribution in [1.29, 1.82) is 0 Å². The summed E-state index contributed by atoms with van der Waals surface area (Å²) in [5.74, 6) is -0.211. The Balaban J connectivity index is 1.57. The van der Waals surface area contributed by atoms with Gasteiger partial charge in [0.2, 0.25) is 0 Å². The van der Waals surface area contributed by atoms with Crippen LogP contribution in [0.1, 0.15) is 33.4 Å². The van der Waals surface area contributed by atoms with Crippen LogP contribution in [0.2, 0.25) is 0 Å². The van der Waals surface area contributed by atoms with Crippen molar-refractivity contribution in [1.82, 2.24) is 19.7 Å². The largest absolute Gasteiger partial charge is 0.465 e. The molecule has 0 saturated carbocycles. The Morgan fingerprint density at radius 1 is 1.26 bits per heavy atom. The van der Waals surface area contributed by atoms with Gasteiger partial charge in [-0.05, 0) is 52.0 Å². The minimum atomic E-state index is -4.25. The number of para-hydroxylation sites is 1. The molecule has 1 fully saturated rings. The number of carbonyl (C=O) groups is 1. The first-order valence-corrected chi connectivity index (χ1v) is 13.5. The third-order valence-corrected chi connectivity index (χ3v) is 8.01. The predicted octanol–water partition coefficient (Wildman–Crippen LogP) is 1.78. The van der Waals surface area contributed by atoms with Gasteiger partial charge in [0.05, 0.1) is 18.9 Å². The molecule has 1 aliphatic heterocycles. The van der Waals surface area contributed by atoms with Crippen molar-refractivity contribution in [2.75, 3.05) is 18.9 Å². The standard InChI is InChI=1S/C24H32N5O8P/c1-5-34-22(32)23(2,3)28-38(33,37-15-9-7-6-8-10-15)35-13-17-19(30)20(31)24(4,36-17)18-12-11-16-21(25)26-14-27-29(16)18/h6-12,14,17,19-20,30-31H,5,13H2,1-4H3,(H,28,33)(H2,25,26,27)/t17-,19-,20-,24+,38?/m1/s1. The second kappa shape index (κ2) is 10.6. The van der Waals surface area contributed by atoms with Crippen molar-refractivity contribution in [3.63, 3.8) is 0 Å². The summed E-state index contributed by atoms with van der Waals surface area (Å²) in [4.78, 5) is 16.4. The van der Waals surface area contributed by atoms with E-state index in [1.165, 1.54) is 24.7 Å². The van der Waals surface area contributed by atoms with Crippen LogP contribution in [0.15, 0.2) is 48.8 Å². The lowest BCUT2D eigenvalue weighted by molar-refractivity contribution is -0.149. The molecule has 38 heavy (non-hydrogen) atoms. The van der Waals surface area contributed by atoms with E-state index in [1.54, 1.807) is 56.3 Å². The quantitative estimate of drug-likeness (QED) is 0.213. The topological polar surface area (TPSA) is 180 Å². The highest BCUT2D eigenvalue weighted by molar-refractivity contribution is 7.52. The average molecular weight is 550 g/mol. The fourth-order valence-electron chi connectivity index (χ4n) is 4.23. The number of rotatable bonds is 10. The minimum absolute atomic E-state index is 0.123. The molecular weight excluding hydrogens is 517 g/mol. The monoisotopic (exact) mass is 549 g/mol. The van der Waals surface area contributed by atoms with Gasteiger partial charge in [0.15, 0.2) is 5.82 Å². The maximum atomic E-state index is 13.9. The van der Waals surface area contributed by atoms with E-state index >= 15 is 0 Å². The van der Waals surface area contributed by atoms with Gasteiger partial charge in [-0.3, -0.25) is 9.32 Å². The summed E-state index contributed by atoms with van der Waals surface area (Å²) in [7, 11) is -4.25. The number of anilines is 1. The molecular formula is C24H32N5O8P. The van der Waals surface area contributed by atoms with E-state index in [2.05, 4.69) is 15.2 Å². The molecule has 0 amide bonds. The Hall–Kier alpha value is -3.06. The second-order valence-corrected chi connectivity index (χ2v) is 11.2. The number of aromatic nitrogens is 3. The van der Waals surface area contributed by atoms with Crippen molar-refractivity contribution in [2.24, 2.45) is 0 Å². The number of hydrogen-bond donors (Lipinski definition) is 4. The van der Waals surface area contributed by atoms with Gasteiger partial charge in [0, 0.05) is 0 Å². The molecule has 1 aromatic carbocycles. The molecule has 0 bridgehead atoms. The van der Waals surface area contributed by atoms with Crippen molar-refractivity contribution in [2.45, 2.75) is 57.1 Å². The van der Waals surface area contributed by atoms with Gasteiger partial charge < -0.3 is 29.9 Å². The number of nitrogen functional groups attached to an aromatic ring is 1. The lowest BCUT2D eigenvalue weighted by Gasteiger charge is -2.30. The van der Waals surface area contributed by atoms with Crippen molar-refractivity contribution in [3.8, 4) is 5.75 Å². The van der Waals surface area contributed by atoms with E-state index in [9.17, 15) is 19.6 Å². The Bertz CT molecular complexity index is 1340. The highest BCUT2D eigenvalue weighted by atomic mass is 31.2. The molecule has 1 saturated heterocycles. The van der Waals surface area contributed by atoms with Gasteiger partial charge in [-0.25, -0.2) is 14.1 Å². The van der Waals surface area contributed by atoms with E-state index in [1.807, 2.05) is 0 Å². The van der Waals surface area contributed by atoms with Gasteiger partial charge in [0.1, 0.15) is 47.0 Å². The fourth-order valence-corrected chi connectivity index (χ4v) is 5.91. The number of aliphatic hydroxyl groups excluding tert-OH is 2. The van der Waals surface area contributed by atoms with Crippen molar-refractivity contribution >= 4 is 25.1 Å². The lowest BCUT2D eigenvalue weighted by Crippen LogP contribution is -2.47. The Morgan fingerprint density at radius 2 is 1.97 bits per heavy atom. The summed E-state index contributed by atoms with van der Waals surface area (Å²) in [6.07, 6.45) is -2.68. The molecule has 3 heterocycles. The highest BCUT2D eigenvalue weighted by Gasteiger charge is 2.54. The van der Waals surface area contributed by atoms with Crippen LogP contribution in [0, 0.1) is 0 Å². The summed E-state index contributed by atoms with van der Waals surface area (Å²) in [6, 6.07) is 11.6. The van der Waals surface area contributed by atoms with E-state index in [0.29, 0.717) is 11.2 Å². The molecule has 5 atom stereocenters. The first kappa shape index (κ1) is 28.0. The summed E-state index contributed by atoms with van der Waals surface area (Å²) in [5, 5.41) is 28.6. The third-order valence-electron chi connectivity index (χ3n) is 6.24. The average Bonchev–Trinajstić information content (AvgIpc) is 3.40. The molecule has 0 radical (unpaired) electrons. The number of nitrogens with zero attached hydrogens (tertiary/aromatic N) is 3. The molecule has 4 rings (SSSR count). The molecule has 0 spiro atoms. The van der Waals surface area contributed by atoms with Crippen LogP contribution >= 0.6 is 7.75 Å². The maximum Gasteiger partial charge on any atom is 0.459 e. The van der Waals surface area contributed by atoms with Gasteiger partial charge in [0.25, 0.3) is 0 Å². The maximum absolute atomic E-state index is 13.9. The molecule has 0 aliphatic carbocycles. The van der Waals surface area contributed by atoms with E-state index in [4.69, 9.17) is 24.3 Å². The summed E-state index contributed by atoms with van der Waals surface area (Å²) < 4.78 is 37.8. The van der Waals surface area contributed by atoms with Crippen LogP contribution < -0.4 is 15.3 Å². The van der Waals surface area contributed by atoms with Crippen LogP contribution in [0.25, 0.3) is 5.52 Å². The number of benzene rings is 1. The molecule has 13 nitrogen and oxygen atoms in total. The number of esters is 1. The van der Waals surface area contributed by atoms with Gasteiger partial charge in [-0.15, -0.1) is 0 Å². The summed E-state index contributed by atoms with van der Waals surface area (Å²) in [5.41, 5.74) is 3.96.